The molecule has 0 aliphatic carbocycles. The summed E-state index contributed by atoms with van der Waals surface area (Å²) in [6, 6.07) is 11.7. The SMILES string of the molecule is CC(=O)c1ccc2c(-c3ccc4c5c(ccnc35)CCO4)c([C@@H](CO)OC(C)(C)C)c(C)cc2n1. The fourth-order valence-corrected chi connectivity index (χ4v) is 5.04. The molecule has 4 aromatic rings. The quantitative estimate of drug-likeness (QED) is 0.374. The maximum atomic E-state index is 12.1. The summed E-state index contributed by atoms with van der Waals surface area (Å²) in [6.45, 7) is 9.93. The largest absolute Gasteiger partial charge is 0.493 e. The summed E-state index contributed by atoms with van der Waals surface area (Å²) < 4.78 is 12.3. The first-order chi connectivity index (χ1) is 16.7. The summed E-state index contributed by atoms with van der Waals surface area (Å²) in [4.78, 5) is 21.5. The van der Waals surface area contributed by atoms with Gasteiger partial charge in [-0.3, -0.25) is 9.78 Å². The molecule has 0 bridgehead atoms. The van der Waals surface area contributed by atoms with Crippen molar-refractivity contribution in [3.05, 3.63) is 65.0 Å². The Hall–Kier alpha value is -3.35. The van der Waals surface area contributed by atoms with Crippen LogP contribution in [0.4, 0.5) is 0 Å². The van der Waals surface area contributed by atoms with Crippen molar-refractivity contribution < 1.29 is 19.4 Å². The molecular weight excluding hydrogens is 440 g/mol. The number of aliphatic hydroxyl groups is 1. The second-order valence-electron chi connectivity index (χ2n) is 10.1. The second kappa shape index (κ2) is 8.70. The van der Waals surface area contributed by atoms with E-state index in [1.807, 2.05) is 64.2 Å². The van der Waals surface area contributed by atoms with Gasteiger partial charge >= 0.3 is 0 Å². The molecule has 0 saturated carbocycles. The number of hydrogen-bond donors (Lipinski definition) is 1. The number of hydrogen-bond acceptors (Lipinski definition) is 6. The van der Waals surface area contributed by atoms with E-state index in [0.29, 0.717) is 12.3 Å². The summed E-state index contributed by atoms with van der Waals surface area (Å²) in [7, 11) is 0. The highest BCUT2D eigenvalue weighted by molar-refractivity contribution is 6.08. The van der Waals surface area contributed by atoms with Gasteiger partial charge in [-0.1, -0.05) is 0 Å². The maximum absolute atomic E-state index is 12.1. The molecule has 3 heterocycles. The average Bonchev–Trinajstić information content (AvgIpc) is 2.82. The molecule has 5 rings (SSSR count). The molecule has 1 aliphatic rings. The monoisotopic (exact) mass is 470 g/mol. The Labute approximate surface area is 204 Å². The number of carbonyl (C=O) groups excluding carboxylic acids is 1. The molecule has 6 nitrogen and oxygen atoms in total. The van der Waals surface area contributed by atoms with Gasteiger partial charge in [0.15, 0.2) is 5.78 Å². The number of Topliss-reactive ketones (excluding diaryl/α,β-unsaturated/α-hetero) is 1. The number of aliphatic hydroxyl groups excluding tert-OH is 1. The average molecular weight is 471 g/mol. The molecule has 0 fully saturated rings. The molecule has 2 aromatic carbocycles. The number of rotatable bonds is 5. The number of ketones is 1. The summed E-state index contributed by atoms with van der Waals surface area (Å²) in [5.74, 6) is 0.748. The van der Waals surface area contributed by atoms with Gasteiger partial charge in [-0.05, 0) is 86.3 Å². The van der Waals surface area contributed by atoms with Crippen molar-refractivity contribution in [2.45, 2.75) is 52.7 Å². The van der Waals surface area contributed by atoms with Gasteiger partial charge < -0.3 is 14.6 Å². The van der Waals surface area contributed by atoms with Crippen molar-refractivity contribution in [3.63, 3.8) is 0 Å². The number of carbonyl (C=O) groups is 1. The molecule has 0 saturated heterocycles. The highest BCUT2D eigenvalue weighted by Crippen LogP contribution is 2.44. The number of pyridine rings is 2. The molecule has 0 amide bonds. The van der Waals surface area contributed by atoms with E-state index in [-0.39, 0.29) is 12.4 Å². The first kappa shape index (κ1) is 23.4. The van der Waals surface area contributed by atoms with Gasteiger partial charge in [0.2, 0.25) is 0 Å². The molecule has 2 aromatic heterocycles. The van der Waals surface area contributed by atoms with E-state index in [0.717, 1.165) is 56.2 Å². The van der Waals surface area contributed by atoms with Crippen LogP contribution in [0.15, 0.2) is 42.6 Å². The van der Waals surface area contributed by atoms with Gasteiger partial charge in [0.05, 0.1) is 29.8 Å². The topological polar surface area (TPSA) is 81.5 Å². The molecule has 180 valence electrons. The van der Waals surface area contributed by atoms with Gasteiger partial charge in [0.1, 0.15) is 17.5 Å². The third-order valence-corrected chi connectivity index (χ3v) is 6.42. The van der Waals surface area contributed by atoms with E-state index in [4.69, 9.17) is 14.5 Å². The number of nitrogens with zero attached hydrogens (tertiary/aromatic N) is 2. The minimum Gasteiger partial charge on any atom is -0.493 e. The van der Waals surface area contributed by atoms with Gasteiger partial charge in [-0.2, -0.15) is 0 Å². The Kier molecular flexibility index (Phi) is 5.82. The fraction of sp³-hybridized carbons (Fsp3) is 0.345. The summed E-state index contributed by atoms with van der Waals surface area (Å²) in [6.07, 6.45) is 2.12. The lowest BCUT2D eigenvalue weighted by molar-refractivity contribution is -0.0821. The number of aromatic nitrogens is 2. The van der Waals surface area contributed by atoms with Crippen molar-refractivity contribution in [1.29, 1.82) is 0 Å². The zero-order chi connectivity index (χ0) is 24.9. The molecule has 1 aliphatic heterocycles. The molecule has 0 unspecified atom stereocenters. The van der Waals surface area contributed by atoms with Crippen LogP contribution in [-0.4, -0.2) is 39.7 Å². The summed E-state index contributed by atoms with van der Waals surface area (Å²) >= 11 is 0. The van der Waals surface area contributed by atoms with Crippen LogP contribution in [-0.2, 0) is 11.2 Å². The smallest absolute Gasteiger partial charge is 0.178 e. The predicted octanol–water partition coefficient (Wildman–Crippen LogP) is 5.74. The van der Waals surface area contributed by atoms with E-state index < -0.39 is 11.7 Å². The highest BCUT2D eigenvalue weighted by atomic mass is 16.5. The first-order valence-electron chi connectivity index (χ1n) is 12.0. The van der Waals surface area contributed by atoms with Crippen LogP contribution in [0.2, 0.25) is 0 Å². The number of benzene rings is 2. The molecule has 1 N–H and O–H groups in total. The number of ether oxygens (including phenoxy) is 2. The Morgan fingerprint density at radius 3 is 2.71 bits per heavy atom. The van der Waals surface area contributed by atoms with Crippen LogP contribution in [0.1, 0.15) is 61.0 Å². The van der Waals surface area contributed by atoms with E-state index in [1.54, 1.807) is 6.07 Å². The van der Waals surface area contributed by atoms with E-state index >= 15 is 0 Å². The lowest BCUT2D eigenvalue weighted by atomic mass is 9.86. The Bertz CT molecular complexity index is 1460. The predicted molar refractivity (Wildman–Crippen MR) is 137 cm³/mol. The third kappa shape index (κ3) is 4.17. The zero-order valence-corrected chi connectivity index (χ0v) is 20.8. The second-order valence-corrected chi connectivity index (χ2v) is 10.1. The normalized spacial score (nSPS) is 14.2. The van der Waals surface area contributed by atoms with Gasteiger partial charge in [0.25, 0.3) is 0 Å². The maximum Gasteiger partial charge on any atom is 0.178 e. The van der Waals surface area contributed by atoms with Crippen molar-refractivity contribution in [2.75, 3.05) is 13.2 Å². The molecule has 35 heavy (non-hydrogen) atoms. The Morgan fingerprint density at radius 2 is 2.00 bits per heavy atom. The molecular formula is C29H30N2O4. The fourth-order valence-electron chi connectivity index (χ4n) is 5.04. The zero-order valence-electron chi connectivity index (χ0n) is 20.8. The lowest BCUT2D eigenvalue weighted by Gasteiger charge is -2.30. The number of aryl methyl sites for hydroxylation is 1. The van der Waals surface area contributed by atoms with Gasteiger partial charge in [-0.15, -0.1) is 0 Å². The Morgan fingerprint density at radius 1 is 1.20 bits per heavy atom. The van der Waals surface area contributed by atoms with Crippen LogP contribution in [0, 0.1) is 6.92 Å². The van der Waals surface area contributed by atoms with Gasteiger partial charge in [0, 0.05) is 35.9 Å². The lowest BCUT2D eigenvalue weighted by Crippen LogP contribution is -2.25. The number of fused-ring (bicyclic) bond motifs is 1. The van der Waals surface area contributed by atoms with Gasteiger partial charge in [-0.25, -0.2) is 4.98 Å². The standard InChI is InChI=1S/C29H30N2O4/c1-16-14-22-19(6-8-21(31-22)17(2)33)27(25(16)24(15-32)35-29(3,4)5)20-7-9-23-26-18(11-13-34-23)10-12-30-28(20)26/h6-10,12,14,24,32H,11,13,15H2,1-5H3/t24-/m1/s1. The van der Waals surface area contributed by atoms with Crippen LogP contribution >= 0.6 is 0 Å². The van der Waals surface area contributed by atoms with E-state index in [1.165, 1.54) is 12.5 Å². The summed E-state index contributed by atoms with van der Waals surface area (Å²) in [5.41, 5.74) is 6.39. The minimum atomic E-state index is -0.552. The van der Waals surface area contributed by atoms with Crippen molar-refractivity contribution in [1.82, 2.24) is 9.97 Å². The van der Waals surface area contributed by atoms with Crippen LogP contribution in [0.3, 0.4) is 0 Å². The molecule has 6 heteroatoms. The molecule has 0 spiro atoms. The van der Waals surface area contributed by atoms with Crippen molar-refractivity contribution in [2.24, 2.45) is 0 Å². The molecule has 0 radical (unpaired) electrons. The van der Waals surface area contributed by atoms with Crippen molar-refractivity contribution >= 4 is 27.6 Å². The minimum absolute atomic E-state index is 0.0834. The van der Waals surface area contributed by atoms with Crippen LogP contribution in [0.5, 0.6) is 5.75 Å². The van der Waals surface area contributed by atoms with E-state index in [2.05, 4.69) is 4.98 Å². The van der Waals surface area contributed by atoms with Crippen LogP contribution in [0.25, 0.3) is 32.9 Å². The van der Waals surface area contributed by atoms with E-state index in [9.17, 15) is 9.90 Å². The molecule has 1 atom stereocenters. The van der Waals surface area contributed by atoms with Crippen LogP contribution < -0.4 is 4.74 Å². The first-order valence-corrected chi connectivity index (χ1v) is 12.0. The third-order valence-electron chi connectivity index (χ3n) is 6.42. The van der Waals surface area contributed by atoms with Crippen molar-refractivity contribution in [3.8, 4) is 16.9 Å². The highest BCUT2D eigenvalue weighted by Gasteiger charge is 2.28. The summed E-state index contributed by atoms with van der Waals surface area (Å²) in [5, 5.41) is 12.4. The Balaban J connectivity index is 1.89.